The molecule has 6 bridgehead atoms. The third kappa shape index (κ3) is 6.78. The van der Waals surface area contributed by atoms with E-state index < -0.39 is 33.6 Å². The average molecular weight is 592 g/mol. The van der Waals surface area contributed by atoms with Crippen LogP contribution in [0.15, 0.2) is 83.9 Å². The van der Waals surface area contributed by atoms with Crippen LogP contribution < -0.4 is 16.2 Å². The van der Waals surface area contributed by atoms with Gasteiger partial charge in [-0.1, -0.05) is 61.5 Å². The molecule has 6 atom stereocenters. The van der Waals surface area contributed by atoms with Gasteiger partial charge >= 0.3 is 0 Å². The summed E-state index contributed by atoms with van der Waals surface area (Å²) < 4.78 is 42.9. The molecule has 3 heterocycles. The molecule has 0 aromatic heterocycles. The number of aromatic hydroxyl groups is 1. The van der Waals surface area contributed by atoms with E-state index >= 15 is 0 Å². The lowest BCUT2D eigenvalue weighted by atomic mass is 9.72. The number of nitrogens with zero attached hydrogens (tertiary/aromatic N) is 1. The fraction of sp³-hybridized carbons (Fsp3) is 0.344. The maximum Gasteiger partial charge on any atom is 0.268 e. The van der Waals surface area contributed by atoms with Crippen molar-refractivity contribution in [2.45, 2.75) is 56.1 Å². The van der Waals surface area contributed by atoms with E-state index in [0.717, 1.165) is 29.5 Å². The van der Waals surface area contributed by atoms with E-state index in [2.05, 4.69) is 11.9 Å². The molecule has 1 aliphatic carbocycles. The molecular formula is C32H37N3O6S. The topological polar surface area (TPSA) is 168 Å². The Morgan fingerprint density at radius 3 is 2.45 bits per heavy atom. The number of aliphatic hydroxyl groups excluding tert-OH is 1. The van der Waals surface area contributed by atoms with E-state index in [-0.39, 0.29) is 30.0 Å². The van der Waals surface area contributed by atoms with Crippen LogP contribution in [0, 0.1) is 11.8 Å². The molecule has 0 saturated carbocycles. The summed E-state index contributed by atoms with van der Waals surface area (Å²) >= 11 is 0. The van der Waals surface area contributed by atoms with Gasteiger partial charge in [-0.2, -0.15) is 8.42 Å². The third-order valence-corrected chi connectivity index (χ3v) is 9.75. The first-order chi connectivity index (χ1) is 20.0. The summed E-state index contributed by atoms with van der Waals surface area (Å²) in [5.41, 5.74) is 15.6. The van der Waals surface area contributed by atoms with Crippen LogP contribution in [-0.2, 0) is 23.0 Å². The molecule has 10 heteroatoms. The van der Waals surface area contributed by atoms with Gasteiger partial charge in [0.25, 0.3) is 10.1 Å². The lowest BCUT2D eigenvalue weighted by molar-refractivity contribution is 0.215. The molecule has 7 rings (SSSR count). The Labute approximate surface area is 246 Å². The zero-order valence-electron chi connectivity index (χ0n) is 23.4. The Kier molecular flexibility index (Phi) is 8.58. The van der Waals surface area contributed by atoms with E-state index in [0.29, 0.717) is 23.3 Å². The van der Waals surface area contributed by atoms with E-state index in [1.165, 1.54) is 12.1 Å². The standard InChI is InChI=1S/C32H37N3O6S/c1-19-2-5-23-17-26-13-14-27(23)28(19)18-30(42(38,39)40)24(10-15-29(37)21-8-11-25(36)12-9-21)16-20-3-6-22(7-4-20)31(41-26)35-32(33)34/h3-4,6-15,17,19,24,28-31,36-37H,2,5,16,18H2,1H3,(H4,33,34,35)(H,38,39,40)/b15-10+/t19-,24+,28-,29+,30+,31+/m0/s1. The number of allylic oxidation sites excluding steroid dienone is 1. The number of aryl methyl sites for hydroxylation is 1. The second-order valence-electron chi connectivity index (χ2n) is 11.3. The van der Waals surface area contributed by atoms with Gasteiger partial charge in [-0.15, -0.1) is 0 Å². The first-order valence-electron chi connectivity index (χ1n) is 14.1. The van der Waals surface area contributed by atoms with Gasteiger partial charge in [0.2, 0.25) is 6.23 Å². The SMILES string of the molecule is C[C@H]1CCc2cc3ccc2[C@H]1C[C@@H](S(=O)(=O)O)[C@H](/C=C/[C@@H](O)c1ccc(O)cc1)Cc1ccc(cc1)[C@H](N=C(N)N)O3. The number of hydrogen-bond donors (Lipinski definition) is 5. The van der Waals surface area contributed by atoms with E-state index in [9.17, 15) is 23.2 Å². The summed E-state index contributed by atoms with van der Waals surface area (Å²) in [5, 5.41) is 19.3. The maximum absolute atomic E-state index is 13.0. The molecule has 222 valence electrons. The zero-order valence-corrected chi connectivity index (χ0v) is 24.2. The predicted octanol–water partition coefficient (Wildman–Crippen LogP) is 4.52. The van der Waals surface area contributed by atoms with Crippen LogP contribution in [0.25, 0.3) is 0 Å². The number of rotatable bonds is 5. The van der Waals surface area contributed by atoms with Gasteiger partial charge in [0.1, 0.15) is 11.5 Å². The number of guanidine groups is 1. The summed E-state index contributed by atoms with van der Waals surface area (Å²) in [6.07, 6.45) is 3.61. The van der Waals surface area contributed by atoms with Crippen molar-refractivity contribution >= 4 is 16.1 Å². The first kappa shape index (κ1) is 29.6. The summed E-state index contributed by atoms with van der Waals surface area (Å²) in [6.45, 7) is 2.11. The molecule has 4 aliphatic rings. The van der Waals surface area contributed by atoms with Crippen LogP contribution in [0.5, 0.6) is 11.5 Å². The fourth-order valence-corrected chi connectivity index (χ4v) is 7.21. The molecular weight excluding hydrogens is 554 g/mol. The number of phenols is 1. The number of phenolic OH excluding ortho intramolecular Hbond substituents is 1. The van der Waals surface area contributed by atoms with Gasteiger partial charge in [-0.3, -0.25) is 4.55 Å². The van der Waals surface area contributed by atoms with Gasteiger partial charge in [-0.05, 0) is 84.0 Å². The third-order valence-electron chi connectivity index (χ3n) is 8.44. The van der Waals surface area contributed by atoms with Crippen molar-refractivity contribution < 1.29 is 27.9 Å². The highest BCUT2D eigenvalue weighted by atomic mass is 32.2. The number of hydrogen-bond acceptors (Lipinski definition) is 6. The molecule has 0 unspecified atom stereocenters. The molecule has 0 radical (unpaired) electrons. The van der Waals surface area contributed by atoms with Crippen LogP contribution in [0.3, 0.4) is 0 Å². The lowest BCUT2D eigenvalue weighted by Crippen LogP contribution is -2.34. The second kappa shape index (κ2) is 12.2. The van der Waals surface area contributed by atoms with Gasteiger partial charge < -0.3 is 26.4 Å². The minimum atomic E-state index is -4.49. The Balaban J connectivity index is 1.61. The summed E-state index contributed by atoms with van der Waals surface area (Å²) in [4.78, 5) is 4.29. The largest absolute Gasteiger partial charge is 0.508 e. The van der Waals surface area contributed by atoms with Gasteiger partial charge in [0.15, 0.2) is 5.96 Å². The van der Waals surface area contributed by atoms with Crippen molar-refractivity contribution in [3.8, 4) is 11.5 Å². The van der Waals surface area contributed by atoms with Crippen molar-refractivity contribution in [3.05, 3.63) is 107 Å². The summed E-state index contributed by atoms with van der Waals surface area (Å²) in [5.74, 6) is -0.0104. The highest BCUT2D eigenvalue weighted by Crippen LogP contribution is 2.43. The van der Waals surface area contributed by atoms with E-state index in [1.54, 1.807) is 24.3 Å². The van der Waals surface area contributed by atoms with Crippen LogP contribution in [0.2, 0.25) is 0 Å². The number of ether oxygens (including phenoxy) is 1. The number of fused-ring (bicyclic) bond motifs is 2. The molecule has 3 aliphatic heterocycles. The monoisotopic (exact) mass is 591 g/mol. The van der Waals surface area contributed by atoms with Crippen molar-refractivity contribution in [1.82, 2.24) is 0 Å². The van der Waals surface area contributed by atoms with Crippen molar-refractivity contribution in [3.63, 3.8) is 0 Å². The molecule has 9 nitrogen and oxygen atoms in total. The molecule has 0 saturated heterocycles. The Morgan fingerprint density at radius 1 is 1.07 bits per heavy atom. The smallest absolute Gasteiger partial charge is 0.268 e. The minimum Gasteiger partial charge on any atom is -0.508 e. The number of nitrogens with two attached hydrogens (primary N) is 2. The molecule has 0 spiro atoms. The van der Waals surface area contributed by atoms with Gasteiger partial charge in [-0.25, -0.2) is 4.99 Å². The Hall–Kier alpha value is -3.86. The number of aliphatic hydroxyl groups is 1. The van der Waals surface area contributed by atoms with E-state index in [4.69, 9.17) is 16.2 Å². The zero-order chi connectivity index (χ0) is 30.0. The predicted molar refractivity (Wildman–Crippen MR) is 162 cm³/mol. The molecule has 0 fully saturated rings. The van der Waals surface area contributed by atoms with Crippen LogP contribution >= 0.6 is 0 Å². The highest BCUT2D eigenvalue weighted by molar-refractivity contribution is 7.86. The lowest BCUT2D eigenvalue weighted by Gasteiger charge is -2.35. The maximum atomic E-state index is 13.0. The van der Waals surface area contributed by atoms with Gasteiger partial charge in [0.05, 0.1) is 11.4 Å². The van der Waals surface area contributed by atoms with E-state index in [1.807, 2.05) is 42.5 Å². The summed E-state index contributed by atoms with van der Waals surface area (Å²) in [6, 6.07) is 19.3. The molecule has 7 N–H and O–H groups in total. The van der Waals surface area contributed by atoms with Gasteiger partial charge in [0, 0.05) is 11.5 Å². The number of benzene rings is 3. The van der Waals surface area contributed by atoms with Crippen LogP contribution in [-0.4, -0.2) is 34.4 Å². The highest BCUT2D eigenvalue weighted by Gasteiger charge is 2.37. The molecule has 0 amide bonds. The fourth-order valence-electron chi connectivity index (χ4n) is 6.13. The first-order valence-corrected chi connectivity index (χ1v) is 15.6. The van der Waals surface area contributed by atoms with Crippen LogP contribution in [0.1, 0.15) is 65.8 Å². The molecule has 3 aromatic carbocycles. The molecule has 3 aromatic rings. The average Bonchev–Trinajstić information content (AvgIpc) is 2.95. The Morgan fingerprint density at radius 2 is 1.79 bits per heavy atom. The quantitative estimate of drug-likeness (QED) is 0.125. The molecule has 42 heavy (non-hydrogen) atoms. The van der Waals surface area contributed by atoms with Crippen LogP contribution in [0.4, 0.5) is 0 Å². The van der Waals surface area contributed by atoms with Crippen molar-refractivity contribution in [1.29, 1.82) is 0 Å². The van der Waals surface area contributed by atoms with Crippen molar-refractivity contribution in [2.75, 3.05) is 0 Å². The number of aliphatic imine (C=N–C) groups is 1. The minimum absolute atomic E-state index is 0.0770. The second-order valence-corrected chi connectivity index (χ2v) is 13.0. The summed E-state index contributed by atoms with van der Waals surface area (Å²) in [7, 11) is -4.49. The Bertz CT molecular complexity index is 1570. The normalized spacial score (nSPS) is 24.9. The van der Waals surface area contributed by atoms with Crippen molar-refractivity contribution in [2.24, 2.45) is 28.3 Å².